The van der Waals surface area contributed by atoms with Crippen LogP contribution in [0.2, 0.25) is 0 Å². The van der Waals surface area contributed by atoms with E-state index in [1.54, 1.807) is 5.75 Å². The zero-order valence-corrected chi connectivity index (χ0v) is 6.52. The average molecular weight is 164 g/mol. The second kappa shape index (κ2) is 2.58. The van der Waals surface area contributed by atoms with Gasteiger partial charge in [-0.1, -0.05) is 12.1 Å². The molecular formula is C8H6NOS. The fourth-order valence-electron chi connectivity index (χ4n) is 0.952. The Kier molecular flexibility index (Phi) is 1.58. The van der Waals surface area contributed by atoms with E-state index in [4.69, 9.17) is 0 Å². The molecule has 0 unspecified atom stereocenters. The van der Waals surface area contributed by atoms with E-state index in [1.807, 2.05) is 24.3 Å². The molecule has 1 N–H and O–H groups in total. The van der Waals surface area contributed by atoms with Crippen molar-refractivity contribution in [2.45, 2.75) is 4.90 Å². The van der Waals surface area contributed by atoms with E-state index >= 15 is 0 Å². The number of hydrogen-bond donors (Lipinski definition) is 1. The second-order valence-corrected chi connectivity index (χ2v) is 3.13. The van der Waals surface area contributed by atoms with Crippen LogP contribution in [0.1, 0.15) is 0 Å². The summed E-state index contributed by atoms with van der Waals surface area (Å²) in [6, 6.07) is 7.74. The Hall–Kier alpha value is -0.960. The number of rotatable bonds is 0. The number of thioether (sulfide) groups is 1. The molecule has 1 aromatic rings. The first-order valence-electron chi connectivity index (χ1n) is 3.26. The molecule has 1 amide bonds. The van der Waals surface area contributed by atoms with Gasteiger partial charge >= 0.3 is 0 Å². The van der Waals surface area contributed by atoms with Crippen molar-refractivity contribution < 1.29 is 4.79 Å². The molecular weight excluding hydrogens is 158 g/mol. The second-order valence-electron chi connectivity index (χ2n) is 2.22. The van der Waals surface area contributed by atoms with E-state index in [0.29, 0.717) is 0 Å². The number of anilines is 1. The fourth-order valence-corrected chi connectivity index (χ4v) is 1.65. The van der Waals surface area contributed by atoms with Crippen LogP contribution in [0.4, 0.5) is 5.69 Å². The number of benzene rings is 1. The number of carbonyl (C=O) groups excluding carboxylic acids is 1. The third-order valence-corrected chi connectivity index (χ3v) is 2.38. The lowest BCUT2D eigenvalue weighted by Gasteiger charge is -2.14. The predicted molar refractivity (Wildman–Crippen MR) is 45.2 cm³/mol. The zero-order chi connectivity index (χ0) is 7.68. The molecule has 3 heteroatoms. The van der Waals surface area contributed by atoms with Gasteiger partial charge in [0.1, 0.15) is 5.75 Å². The molecule has 2 rings (SSSR count). The standard InChI is InChI=1S/C8H6NOS/c10-8-5-11-7-4-2-1-3-6(7)9-8/h1-5H,(H,9,10). The smallest absolute Gasteiger partial charge is 0.239 e. The predicted octanol–water partition coefficient (Wildman–Crippen LogP) is 1.89. The minimum Gasteiger partial charge on any atom is -0.324 e. The van der Waals surface area contributed by atoms with Gasteiger partial charge in [-0.05, 0) is 12.1 Å². The van der Waals surface area contributed by atoms with Crippen LogP contribution in [0.15, 0.2) is 29.2 Å². The summed E-state index contributed by atoms with van der Waals surface area (Å²) in [6.45, 7) is 0. The Morgan fingerprint density at radius 2 is 2.09 bits per heavy atom. The van der Waals surface area contributed by atoms with E-state index in [9.17, 15) is 4.79 Å². The van der Waals surface area contributed by atoms with Crippen LogP contribution < -0.4 is 5.32 Å². The monoisotopic (exact) mass is 164 g/mol. The molecule has 0 fully saturated rings. The van der Waals surface area contributed by atoms with Crippen molar-refractivity contribution in [3.05, 3.63) is 30.0 Å². The molecule has 1 radical (unpaired) electrons. The Morgan fingerprint density at radius 3 is 3.00 bits per heavy atom. The summed E-state index contributed by atoms with van der Waals surface area (Å²) in [4.78, 5) is 11.9. The van der Waals surface area contributed by atoms with Crippen molar-refractivity contribution in [1.82, 2.24) is 0 Å². The van der Waals surface area contributed by atoms with Gasteiger partial charge in [0.05, 0.1) is 5.69 Å². The Labute approximate surface area is 69.0 Å². The lowest BCUT2D eigenvalue weighted by atomic mass is 10.3. The van der Waals surface area contributed by atoms with Crippen LogP contribution in [-0.2, 0) is 4.79 Å². The molecule has 1 aromatic carbocycles. The number of para-hydroxylation sites is 1. The van der Waals surface area contributed by atoms with Gasteiger partial charge in [-0.25, -0.2) is 0 Å². The van der Waals surface area contributed by atoms with Gasteiger partial charge in [-0.15, -0.1) is 11.8 Å². The number of amides is 1. The molecule has 1 aliphatic heterocycles. The SMILES string of the molecule is O=C1[CH]Sc2ccccc2N1. The molecule has 0 spiro atoms. The van der Waals surface area contributed by atoms with Gasteiger partial charge in [0.15, 0.2) is 0 Å². The minimum absolute atomic E-state index is 0.0336. The van der Waals surface area contributed by atoms with Gasteiger partial charge < -0.3 is 5.32 Å². The van der Waals surface area contributed by atoms with Gasteiger partial charge in [0.2, 0.25) is 5.91 Å². The van der Waals surface area contributed by atoms with Gasteiger partial charge in [-0.3, -0.25) is 4.79 Å². The molecule has 1 aliphatic rings. The zero-order valence-electron chi connectivity index (χ0n) is 5.70. The lowest BCUT2D eigenvalue weighted by molar-refractivity contribution is -0.112. The summed E-state index contributed by atoms with van der Waals surface area (Å²) in [5.74, 6) is 1.54. The maximum absolute atomic E-state index is 10.8. The maximum Gasteiger partial charge on any atom is 0.239 e. The Morgan fingerprint density at radius 1 is 1.27 bits per heavy atom. The number of fused-ring (bicyclic) bond motifs is 1. The van der Waals surface area contributed by atoms with Crippen molar-refractivity contribution >= 4 is 23.4 Å². The molecule has 11 heavy (non-hydrogen) atoms. The van der Waals surface area contributed by atoms with Crippen molar-refractivity contribution in [1.29, 1.82) is 0 Å². The Bertz CT molecular complexity index is 298. The third kappa shape index (κ3) is 1.24. The summed E-state index contributed by atoms with van der Waals surface area (Å²) in [5, 5.41) is 2.74. The fraction of sp³-hybridized carbons (Fsp3) is 0. The van der Waals surface area contributed by atoms with Crippen LogP contribution >= 0.6 is 11.8 Å². The summed E-state index contributed by atoms with van der Waals surface area (Å²) in [7, 11) is 0. The summed E-state index contributed by atoms with van der Waals surface area (Å²) in [5.41, 5.74) is 0.907. The molecule has 55 valence electrons. The lowest BCUT2D eigenvalue weighted by Crippen LogP contribution is -2.14. The number of nitrogens with one attached hydrogen (secondary N) is 1. The quantitative estimate of drug-likeness (QED) is 0.634. The highest BCUT2D eigenvalue weighted by Crippen LogP contribution is 2.32. The highest BCUT2D eigenvalue weighted by Gasteiger charge is 2.13. The maximum atomic E-state index is 10.8. The van der Waals surface area contributed by atoms with Crippen LogP contribution in [-0.4, -0.2) is 5.91 Å². The van der Waals surface area contributed by atoms with Crippen molar-refractivity contribution in [2.24, 2.45) is 0 Å². The average Bonchev–Trinajstić information content (AvgIpc) is 2.04. The van der Waals surface area contributed by atoms with Gasteiger partial charge in [0, 0.05) is 4.90 Å². The van der Waals surface area contributed by atoms with E-state index < -0.39 is 0 Å². The molecule has 0 atom stereocenters. The molecule has 0 saturated heterocycles. The summed E-state index contributed by atoms with van der Waals surface area (Å²) in [6.07, 6.45) is 0. The topological polar surface area (TPSA) is 29.1 Å². The van der Waals surface area contributed by atoms with Gasteiger partial charge in [0.25, 0.3) is 0 Å². The van der Waals surface area contributed by atoms with Crippen molar-refractivity contribution in [3.63, 3.8) is 0 Å². The third-order valence-electron chi connectivity index (χ3n) is 1.44. The molecule has 0 saturated carbocycles. The largest absolute Gasteiger partial charge is 0.324 e. The summed E-state index contributed by atoms with van der Waals surface area (Å²) < 4.78 is 0. The normalized spacial score (nSPS) is 15.5. The van der Waals surface area contributed by atoms with E-state index in [0.717, 1.165) is 10.6 Å². The number of carbonyl (C=O) groups is 1. The Balaban J connectivity index is 2.41. The van der Waals surface area contributed by atoms with Crippen molar-refractivity contribution in [2.75, 3.05) is 5.32 Å². The van der Waals surface area contributed by atoms with Crippen LogP contribution in [0.5, 0.6) is 0 Å². The minimum atomic E-state index is -0.0336. The molecule has 0 bridgehead atoms. The highest BCUT2D eigenvalue weighted by molar-refractivity contribution is 8.02. The van der Waals surface area contributed by atoms with Crippen LogP contribution in [0, 0.1) is 5.75 Å². The first-order chi connectivity index (χ1) is 5.36. The van der Waals surface area contributed by atoms with Crippen LogP contribution in [0.25, 0.3) is 0 Å². The first-order valence-corrected chi connectivity index (χ1v) is 4.14. The first kappa shape index (κ1) is 6.73. The van der Waals surface area contributed by atoms with E-state index in [-0.39, 0.29) is 5.91 Å². The molecule has 0 aliphatic carbocycles. The van der Waals surface area contributed by atoms with Gasteiger partial charge in [-0.2, -0.15) is 0 Å². The van der Waals surface area contributed by atoms with Crippen molar-refractivity contribution in [3.8, 4) is 0 Å². The van der Waals surface area contributed by atoms with Crippen LogP contribution in [0.3, 0.4) is 0 Å². The van der Waals surface area contributed by atoms with E-state index in [1.165, 1.54) is 11.8 Å². The molecule has 2 nitrogen and oxygen atoms in total. The highest BCUT2D eigenvalue weighted by atomic mass is 32.2. The molecule has 1 heterocycles. The van der Waals surface area contributed by atoms with E-state index in [2.05, 4.69) is 5.32 Å². The number of hydrogen-bond acceptors (Lipinski definition) is 2. The molecule has 0 aromatic heterocycles. The summed E-state index contributed by atoms with van der Waals surface area (Å²) >= 11 is 1.46.